The van der Waals surface area contributed by atoms with Crippen molar-refractivity contribution in [2.75, 3.05) is 18.0 Å². The number of fused-ring (bicyclic) bond motifs is 1. The lowest BCUT2D eigenvalue weighted by Crippen LogP contribution is -2.52. The van der Waals surface area contributed by atoms with Crippen LogP contribution in [0.5, 0.6) is 0 Å². The molecule has 1 fully saturated rings. The minimum absolute atomic E-state index is 0.229. The van der Waals surface area contributed by atoms with Crippen LogP contribution in [0.4, 0.5) is 5.69 Å². The van der Waals surface area contributed by atoms with E-state index < -0.39 is 0 Å². The SMILES string of the molecule is Cc1nc2cccc(-c3ccc(N4CC(OCc5ccc(C#N)cc5)C4)cc3)n2n1. The van der Waals surface area contributed by atoms with Gasteiger partial charge in [0.15, 0.2) is 5.65 Å². The molecule has 0 aliphatic carbocycles. The summed E-state index contributed by atoms with van der Waals surface area (Å²) >= 11 is 0. The molecule has 1 saturated heterocycles. The predicted molar refractivity (Wildman–Crippen MR) is 115 cm³/mol. The summed E-state index contributed by atoms with van der Waals surface area (Å²) in [5, 5.41) is 13.4. The van der Waals surface area contributed by atoms with Crippen LogP contribution < -0.4 is 4.90 Å². The maximum Gasteiger partial charge on any atom is 0.156 e. The highest BCUT2D eigenvalue weighted by atomic mass is 16.5. The number of anilines is 1. The van der Waals surface area contributed by atoms with Crippen LogP contribution in [0.1, 0.15) is 17.0 Å². The summed E-state index contributed by atoms with van der Waals surface area (Å²) in [7, 11) is 0. The lowest BCUT2D eigenvalue weighted by Gasteiger charge is -2.40. The van der Waals surface area contributed by atoms with E-state index in [-0.39, 0.29) is 6.10 Å². The van der Waals surface area contributed by atoms with Gasteiger partial charge in [0, 0.05) is 24.3 Å². The summed E-state index contributed by atoms with van der Waals surface area (Å²) in [6.45, 7) is 4.25. The van der Waals surface area contributed by atoms with E-state index in [0.29, 0.717) is 12.2 Å². The van der Waals surface area contributed by atoms with Gasteiger partial charge in [-0.1, -0.05) is 30.3 Å². The van der Waals surface area contributed by atoms with Crippen LogP contribution >= 0.6 is 0 Å². The van der Waals surface area contributed by atoms with E-state index in [1.165, 1.54) is 5.69 Å². The first-order valence-corrected chi connectivity index (χ1v) is 9.98. The van der Waals surface area contributed by atoms with E-state index in [4.69, 9.17) is 10.00 Å². The van der Waals surface area contributed by atoms with E-state index in [0.717, 1.165) is 41.4 Å². The molecular weight excluding hydrogens is 374 g/mol. The Morgan fingerprint density at radius 1 is 1.03 bits per heavy atom. The minimum atomic E-state index is 0.229. The molecule has 4 aromatic rings. The highest BCUT2D eigenvalue weighted by Crippen LogP contribution is 2.27. The Balaban J connectivity index is 1.20. The Morgan fingerprint density at radius 2 is 1.80 bits per heavy atom. The van der Waals surface area contributed by atoms with Crippen molar-refractivity contribution in [1.82, 2.24) is 14.6 Å². The summed E-state index contributed by atoms with van der Waals surface area (Å²) in [6.07, 6.45) is 0.229. The fourth-order valence-corrected chi connectivity index (χ4v) is 3.72. The standard InChI is InChI=1S/C24H21N5O/c1-17-26-24-4-2-3-23(29(24)27-17)20-9-11-21(12-10-20)28-14-22(15-28)30-16-19-7-5-18(13-25)6-8-19/h2-12,22H,14-16H2,1H3. The fourth-order valence-electron chi connectivity index (χ4n) is 3.72. The van der Waals surface area contributed by atoms with Gasteiger partial charge < -0.3 is 9.64 Å². The predicted octanol–water partition coefficient (Wildman–Crippen LogP) is 3.98. The third-order valence-electron chi connectivity index (χ3n) is 5.41. The van der Waals surface area contributed by atoms with Gasteiger partial charge in [0.05, 0.1) is 30.0 Å². The van der Waals surface area contributed by atoms with E-state index >= 15 is 0 Å². The number of nitriles is 1. The van der Waals surface area contributed by atoms with Crippen LogP contribution in [0.2, 0.25) is 0 Å². The molecule has 0 bridgehead atoms. The topological polar surface area (TPSA) is 66.5 Å². The van der Waals surface area contributed by atoms with Crippen LogP contribution in [0.25, 0.3) is 16.9 Å². The zero-order valence-electron chi connectivity index (χ0n) is 16.7. The van der Waals surface area contributed by atoms with Crippen molar-refractivity contribution in [3.05, 3.63) is 83.7 Å². The number of benzene rings is 2. The van der Waals surface area contributed by atoms with Crippen LogP contribution in [0.15, 0.2) is 66.7 Å². The number of nitrogens with zero attached hydrogens (tertiary/aromatic N) is 5. The maximum atomic E-state index is 8.87. The molecule has 0 amide bonds. The molecule has 1 aliphatic rings. The molecule has 2 aromatic heterocycles. The molecule has 0 saturated carbocycles. The molecule has 0 unspecified atom stereocenters. The zero-order chi connectivity index (χ0) is 20.5. The highest BCUT2D eigenvalue weighted by molar-refractivity contribution is 5.66. The smallest absolute Gasteiger partial charge is 0.156 e. The van der Waals surface area contributed by atoms with Crippen molar-refractivity contribution in [3.8, 4) is 17.3 Å². The Labute approximate surface area is 175 Å². The monoisotopic (exact) mass is 395 g/mol. The quantitative estimate of drug-likeness (QED) is 0.511. The lowest BCUT2D eigenvalue weighted by atomic mass is 10.1. The van der Waals surface area contributed by atoms with Crippen LogP contribution in [-0.4, -0.2) is 33.8 Å². The highest BCUT2D eigenvalue weighted by Gasteiger charge is 2.27. The molecule has 5 rings (SSSR count). The summed E-state index contributed by atoms with van der Waals surface area (Å²) in [5.41, 5.74) is 5.97. The summed E-state index contributed by atoms with van der Waals surface area (Å²) in [5.74, 6) is 0.770. The largest absolute Gasteiger partial charge is 0.370 e. The molecule has 0 radical (unpaired) electrons. The van der Waals surface area contributed by atoms with Crippen molar-refractivity contribution >= 4 is 11.3 Å². The summed E-state index contributed by atoms with van der Waals surface area (Å²) in [4.78, 5) is 6.75. The van der Waals surface area contributed by atoms with Crippen molar-refractivity contribution in [2.24, 2.45) is 0 Å². The van der Waals surface area contributed by atoms with Gasteiger partial charge in [-0.15, -0.1) is 0 Å². The van der Waals surface area contributed by atoms with Crippen molar-refractivity contribution in [1.29, 1.82) is 5.26 Å². The Kier molecular flexibility index (Phi) is 4.66. The number of rotatable bonds is 5. The fraction of sp³-hybridized carbons (Fsp3) is 0.208. The van der Waals surface area contributed by atoms with E-state index in [1.54, 1.807) is 0 Å². The molecule has 1 aliphatic heterocycles. The molecule has 2 aromatic carbocycles. The van der Waals surface area contributed by atoms with E-state index in [9.17, 15) is 0 Å². The molecule has 148 valence electrons. The van der Waals surface area contributed by atoms with Gasteiger partial charge in [0.2, 0.25) is 0 Å². The molecule has 0 atom stereocenters. The van der Waals surface area contributed by atoms with Gasteiger partial charge >= 0.3 is 0 Å². The van der Waals surface area contributed by atoms with Crippen LogP contribution in [-0.2, 0) is 11.3 Å². The molecule has 0 spiro atoms. The second-order valence-electron chi connectivity index (χ2n) is 7.53. The van der Waals surface area contributed by atoms with Gasteiger partial charge in [-0.05, 0) is 48.9 Å². The van der Waals surface area contributed by atoms with Gasteiger partial charge in [-0.3, -0.25) is 0 Å². The molecule has 6 heteroatoms. The van der Waals surface area contributed by atoms with Gasteiger partial charge in [-0.2, -0.15) is 10.4 Å². The normalized spacial score (nSPS) is 13.9. The Hall–Kier alpha value is -3.69. The molecule has 0 N–H and O–H groups in total. The number of hydrogen-bond donors (Lipinski definition) is 0. The molecule has 30 heavy (non-hydrogen) atoms. The van der Waals surface area contributed by atoms with Crippen LogP contribution in [0.3, 0.4) is 0 Å². The van der Waals surface area contributed by atoms with E-state index in [1.807, 2.05) is 47.8 Å². The third kappa shape index (κ3) is 3.51. The van der Waals surface area contributed by atoms with E-state index in [2.05, 4.69) is 51.4 Å². The van der Waals surface area contributed by atoms with Gasteiger partial charge in [0.1, 0.15) is 5.82 Å². The summed E-state index contributed by atoms with van der Waals surface area (Å²) in [6, 6.07) is 24.3. The second-order valence-corrected chi connectivity index (χ2v) is 7.53. The lowest BCUT2D eigenvalue weighted by molar-refractivity contribution is 0.0224. The number of ether oxygens (including phenoxy) is 1. The van der Waals surface area contributed by atoms with Crippen molar-refractivity contribution < 1.29 is 4.74 Å². The first-order chi connectivity index (χ1) is 14.7. The molecular formula is C24H21N5O. The Bertz CT molecular complexity index is 1220. The first-order valence-electron chi connectivity index (χ1n) is 9.98. The molecule has 6 nitrogen and oxygen atoms in total. The maximum absolute atomic E-state index is 8.87. The average Bonchev–Trinajstić information content (AvgIpc) is 3.14. The van der Waals surface area contributed by atoms with Gasteiger partial charge in [-0.25, -0.2) is 9.50 Å². The number of hydrogen-bond acceptors (Lipinski definition) is 5. The average molecular weight is 395 g/mol. The number of pyridine rings is 1. The second kappa shape index (κ2) is 7.62. The third-order valence-corrected chi connectivity index (χ3v) is 5.41. The molecule has 3 heterocycles. The summed E-state index contributed by atoms with van der Waals surface area (Å²) < 4.78 is 7.88. The van der Waals surface area contributed by atoms with Gasteiger partial charge in [0.25, 0.3) is 0 Å². The van der Waals surface area contributed by atoms with Crippen molar-refractivity contribution in [2.45, 2.75) is 19.6 Å². The Morgan fingerprint density at radius 3 is 2.53 bits per heavy atom. The number of aromatic nitrogens is 3. The zero-order valence-corrected chi connectivity index (χ0v) is 16.7. The first kappa shape index (κ1) is 18.3. The van der Waals surface area contributed by atoms with Crippen LogP contribution in [0, 0.1) is 18.3 Å². The van der Waals surface area contributed by atoms with Crippen molar-refractivity contribution in [3.63, 3.8) is 0 Å². The number of aryl methyl sites for hydroxylation is 1. The minimum Gasteiger partial charge on any atom is -0.370 e.